The van der Waals surface area contributed by atoms with E-state index in [1.165, 1.54) is 11.5 Å². The molecule has 4 nitrogen and oxygen atoms in total. The molecule has 0 fully saturated rings. The maximum absolute atomic E-state index is 12.0. The van der Waals surface area contributed by atoms with Gasteiger partial charge in [-0.05, 0) is 18.0 Å². The molecule has 16 heavy (non-hydrogen) atoms. The van der Waals surface area contributed by atoms with E-state index >= 15 is 0 Å². The molecule has 0 saturated heterocycles. The van der Waals surface area contributed by atoms with E-state index in [4.69, 9.17) is 0 Å². The van der Waals surface area contributed by atoms with Crippen LogP contribution in [0, 0.1) is 5.41 Å². The maximum Gasteiger partial charge on any atom is 0.257 e. The largest absolute Gasteiger partial charge is 0.355 e. The zero-order valence-corrected chi connectivity index (χ0v) is 10.9. The minimum Gasteiger partial charge on any atom is -0.355 e. The van der Waals surface area contributed by atoms with Crippen molar-refractivity contribution >= 4 is 22.4 Å². The van der Waals surface area contributed by atoms with Crippen molar-refractivity contribution in [3.63, 3.8) is 0 Å². The van der Waals surface area contributed by atoms with Gasteiger partial charge in [0.25, 0.3) is 5.91 Å². The Hall–Kier alpha value is -1.10. The molecule has 2 heterocycles. The minimum absolute atomic E-state index is 0.000671. The van der Waals surface area contributed by atoms with Crippen molar-refractivity contribution in [2.24, 2.45) is 5.41 Å². The lowest BCUT2D eigenvalue weighted by atomic mass is 9.91. The molecule has 0 aromatic carbocycles. The van der Waals surface area contributed by atoms with Crippen LogP contribution in [0.3, 0.4) is 0 Å². The Balaban J connectivity index is 2.35. The summed E-state index contributed by atoms with van der Waals surface area (Å²) in [5, 5.41) is 7.24. The fraction of sp³-hybridized carbons (Fsp3) is 0.636. The molecular weight excluding hydrogens is 222 g/mol. The highest BCUT2D eigenvalue weighted by atomic mass is 32.1. The first-order chi connectivity index (χ1) is 7.43. The number of carbonyl (C=O) groups is 1. The Morgan fingerprint density at radius 3 is 2.62 bits per heavy atom. The first kappa shape index (κ1) is 11.4. The predicted molar refractivity (Wildman–Crippen MR) is 65.8 cm³/mol. The number of aromatic nitrogens is 1. The van der Waals surface area contributed by atoms with Crippen LogP contribution in [0.5, 0.6) is 0 Å². The number of amides is 1. The Morgan fingerprint density at radius 1 is 1.38 bits per heavy atom. The number of hydrogen-bond donors (Lipinski definition) is 2. The molecule has 0 aliphatic carbocycles. The average molecular weight is 239 g/mol. The van der Waals surface area contributed by atoms with Crippen molar-refractivity contribution in [3.05, 3.63) is 11.3 Å². The van der Waals surface area contributed by atoms with Crippen LogP contribution in [0.4, 0.5) is 5.00 Å². The van der Waals surface area contributed by atoms with E-state index in [0.717, 1.165) is 22.7 Å². The molecule has 2 rings (SSSR count). The average Bonchev–Trinajstić information content (AvgIpc) is 2.59. The third-order valence-electron chi connectivity index (χ3n) is 2.74. The molecule has 0 bridgehead atoms. The highest BCUT2D eigenvalue weighted by molar-refractivity contribution is 7.10. The number of aryl methyl sites for hydroxylation is 1. The monoisotopic (exact) mass is 239 g/mol. The van der Waals surface area contributed by atoms with E-state index in [0.29, 0.717) is 0 Å². The van der Waals surface area contributed by atoms with Crippen LogP contribution in [-0.2, 0) is 6.42 Å². The summed E-state index contributed by atoms with van der Waals surface area (Å²) < 4.78 is 4.30. The molecule has 1 aliphatic rings. The normalized spacial score (nSPS) is 20.0. The lowest BCUT2D eigenvalue weighted by Gasteiger charge is -2.35. The van der Waals surface area contributed by atoms with Crippen molar-refractivity contribution in [1.82, 2.24) is 9.69 Å². The van der Waals surface area contributed by atoms with Crippen LogP contribution in [0.2, 0.25) is 0 Å². The van der Waals surface area contributed by atoms with Gasteiger partial charge in [-0.2, -0.15) is 4.37 Å². The van der Waals surface area contributed by atoms with Crippen molar-refractivity contribution in [1.29, 1.82) is 0 Å². The molecule has 1 aromatic rings. The van der Waals surface area contributed by atoms with E-state index in [2.05, 4.69) is 35.8 Å². The summed E-state index contributed by atoms with van der Waals surface area (Å²) in [5.41, 5.74) is 1.61. The van der Waals surface area contributed by atoms with Crippen LogP contribution in [0.15, 0.2) is 0 Å². The fourth-order valence-corrected chi connectivity index (χ4v) is 2.59. The van der Waals surface area contributed by atoms with Gasteiger partial charge in [-0.1, -0.05) is 27.7 Å². The van der Waals surface area contributed by atoms with Gasteiger partial charge in [0.1, 0.15) is 11.2 Å². The van der Waals surface area contributed by atoms with Gasteiger partial charge < -0.3 is 10.6 Å². The van der Waals surface area contributed by atoms with E-state index < -0.39 is 0 Å². The maximum atomic E-state index is 12.0. The third kappa shape index (κ3) is 1.80. The summed E-state index contributed by atoms with van der Waals surface area (Å²) in [7, 11) is 0. The first-order valence-electron chi connectivity index (χ1n) is 5.49. The smallest absolute Gasteiger partial charge is 0.257 e. The minimum atomic E-state index is -0.0299. The Morgan fingerprint density at radius 2 is 2.06 bits per heavy atom. The molecule has 88 valence electrons. The summed E-state index contributed by atoms with van der Waals surface area (Å²) >= 11 is 1.38. The summed E-state index contributed by atoms with van der Waals surface area (Å²) in [6, 6.07) is 0. The van der Waals surface area contributed by atoms with E-state index in [1.54, 1.807) is 0 Å². The van der Waals surface area contributed by atoms with Crippen molar-refractivity contribution in [2.45, 2.75) is 40.3 Å². The van der Waals surface area contributed by atoms with Crippen LogP contribution in [0.25, 0.3) is 0 Å². The van der Waals surface area contributed by atoms with Gasteiger partial charge in [-0.3, -0.25) is 4.79 Å². The molecular formula is C11H17N3OS. The zero-order chi connectivity index (χ0) is 11.9. The van der Waals surface area contributed by atoms with Crippen molar-refractivity contribution in [2.75, 3.05) is 5.32 Å². The lowest BCUT2D eigenvalue weighted by molar-refractivity contribution is 0.0904. The summed E-state index contributed by atoms with van der Waals surface area (Å²) in [6.07, 6.45) is 0.763. The summed E-state index contributed by atoms with van der Waals surface area (Å²) in [5.74, 6) is -0.000671. The van der Waals surface area contributed by atoms with Gasteiger partial charge in [0.15, 0.2) is 0 Å². The van der Waals surface area contributed by atoms with Gasteiger partial charge in [0, 0.05) is 5.41 Å². The molecule has 1 aromatic heterocycles. The van der Waals surface area contributed by atoms with Crippen LogP contribution in [0.1, 0.15) is 43.7 Å². The van der Waals surface area contributed by atoms with E-state index in [1.807, 2.05) is 6.92 Å². The first-order valence-corrected chi connectivity index (χ1v) is 6.26. The van der Waals surface area contributed by atoms with Crippen LogP contribution >= 0.6 is 11.5 Å². The van der Waals surface area contributed by atoms with Crippen LogP contribution < -0.4 is 10.6 Å². The van der Waals surface area contributed by atoms with Crippen LogP contribution in [-0.4, -0.2) is 16.4 Å². The van der Waals surface area contributed by atoms with Crippen molar-refractivity contribution < 1.29 is 4.79 Å². The zero-order valence-electron chi connectivity index (χ0n) is 10.0. The second-order valence-corrected chi connectivity index (χ2v) is 5.88. The molecule has 2 N–H and O–H groups in total. The molecule has 5 heteroatoms. The van der Waals surface area contributed by atoms with Gasteiger partial charge in [0.05, 0.1) is 11.3 Å². The van der Waals surface area contributed by atoms with E-state index in [-0.39, 0.29) is 17.5 Å². The summed E-state index contributed by atoms with van der Waals surface area (Å²) in [6.45, 7) is 8.30. The fourth-order valence-electron chi connectivity index (χ4n) is 1.70. The van der Waals surface area contributed by atoms with Gasteiger partial charge >= 0.3 is 0 Å². The number of rotatable bonds is 1. The quantitative estimate of drug-likeness (QED) is 0.790. The van der Waals surface area contributed by atoms with Gasteiger partial charge in [-0.15, -0.1) is 0 Å². The van der Waals surface area contributed by atoms with Crippen molar-refractivity contribution in [3.8, 4) is 0 Å². The number of anilines is 1. The predicted octanol–water partition coefficient (Wildman–Crippen LogP) is 2.23. The molecule has 1 aliphatic heterocycles. The second kappa shape index (κ2) is 3.73. The van der Waals surface area contributed by atoms with E-state index in [9.17, 15) is 4.79 Å². The lowest BCUT2D eigenvalue weighted by Crippen LogP contribution is -2.51. The SMILES string of the molecule is CCc1nsc2c1C(=O)NC(C(C)(C)C)N2. The van der Waals surface area contributed by atoms with Gasteiger partial charge in [0.2, 0.25) is 0 Å². The molecule has 1 unspecified atom stereocenters. The number of fused-ring (bicyclic) bond motifs is 1. The third-order valence-corrected chi connectivity index (χ3v) is 3.56. The molecule has 1 atom stereocenters. The molecule has 0 spiro atoms. The number of hydrogen-bond acceptors (Lipinski definition) is 4. The number of nitrogens with one attached hydrogen (secondary N) is 2. The molecule has 1 amide bonds. The topological polar surface area (TPSA) is 54.0 Å². The molecule has 0 radical (unpaired) electrons. The van der Waals surface area contributed by atoms with Gasteiger partial charge in [-0.25, -0.2) is 0 Å². The number of carbonyl (C=O) groups excluding carboxylic acids is 1. The second-order valence-electron chi connectivity index (χ2n) is 5.10. The molecule has 0 saturated carbocycles. The highest BCUT2D eigenvalue weighted by Gasteiger charge is 2.34. The Bertz CT molecular complexity index is 419. The summed E-state index contributed by atoms with van der Waals surface area (Å²) in [4.78, 5) is 12.0. The Labute approximate surface area is 99.6 Å². The standard InChI is InChI=1S/C11H17N3OS/c1-5-6-7-8(15)12-10(11(2,3)4)13-9(7)16-14-6/h10,13H,5H2,1-4H3,(H,12,15). The number of nitrogens with zero attached hydrogens (tertiary/aromatic N) is 1. The Kier molecular flexibility index (Phi) is 2.66. The highest BCUT2D eigenvalue weighted by Crippen LogP contribution is 2.32.